The predicted molar refractivity (Wildman–Crippen MR) is 112 cm³/mol. The van der Waals surface area contributed by atoms with Gasteiger partial charge in [0.15, 0.2) is 5.76 Å². The first-order valence-corrected chi connectivity index (χ1v) is 9.85. The van der Waals surface area contributed by atoms with Crippen LogP contribution in [0, 0.1) is 6.92 Å². The van der Waals surface area contributed by atoms with E-state index in [-0.39, 0.29) is 0 Å². The number of anilines is 1. The summed E-state index contributed by atoms with van der Waals surface area (Å²) in [5, 5.41) is 4.26. The van der Waals surface area contributed by atoms with Gasteiger partial charge < -0.3 is 14.2 Å². The summed E-state index contributed by atoms with van der Waals surface area (Å²) in [6, 6.07) is 18.8. The molecule has 0 bridgehead atoms. The maximum absolute atomic E-state index is 5.61. The molecule has 0 unspecified atom stereocenters. The van der Waals surface area contributed by atoms with E-state index in [9.17, 15) is 0 Å². The number of aryl methyl sites for hydroxylation is 1. The number of ether oxygens (including phenoxy) is 1. The van der Waals surface area contributed by atoms with Crippen LogP contribution in [-0.4, -0.2) is 43.3 Å². The van der Waals surface area contributed by atoms with Gasteiger partial charge in [-0.3, -0.25) is 4.90 Å². The van der Waals surface area contributed by atoms with Crippen LogP contribution in [0.1, 0.15) is 17.7 Å². The van der Waals surface area contributed by atoms with Gasteiger partial charge in [-0.1, -0.05) is 35.0 Å². The first-order chi connectivity index (χ1) is 13.7. The zero-order valence-electron chi connectivity index (χ0n) is 16.6. The molecule has 0 spiro atoms. The Morgan fingerprint density at radius 3 is 2.50 bits per heavy atom. The second-order valence-corrected chi connectivity index (χ2v) is 7.36. The molecule has 1 aromatic heterocycles. The normalized spacial score (nSPS) is 15.4. The molecular weight excluding hydrogens is 350 g/mol. The van der Waals surface area contributed by atoms with Crippen LogP contribution < -0.4 is 9.64 Å². The third-order valence-electron chi connectivity index (χ3n) is 5.31. The SMILES string of the molecule is COc1ccc(N2CCCN(Cc3cc(-c4ccc(C)cc4)no3)CC2)cc1. The molecule has 0 atom stereocenters. The van der Waals surface area contributed by atoms with Crippen molar-refractivity contribution >= 4 is 5.69 Å². The lowest BCUT2D eigenvalue weighted by Gasteiger charge is -2.23. The molecule has 28 heavy (non-hydrogen) atoms. The first kappa shape index (κ1) is 18.6. The second kappa shape index (κ2) is 8.48. The Morgan fingerprint density at radius 2 is 1.75 bits per heavy atom. The maximum atomic E-state index is 5.61. The molecule has 146 valence electrons. The van der Waals surface area contributed by atoms with E-state index in [4.69, 9.17) is 9.26 Å². The summed E-state index contributed by atoms with van der Waals surface area (Å²) in [5.74, 6) is 1.82. The monoisotopic (exact) mass is 377 g/mol. The van der Waals surface area contributed by atoms with Crippen molar-refractivity contribution in [3.63, 3.8) is 0 Å². The van der Waals surface area contributed by atoms with Gasteiger partial charge in [0, 0.05) is 43.5 Å². The van der Waals surface area contributed by atoms with E-state index in [0.717, 1.165) is 61.9 Å². The van der Waals surface area contributed by atoms with E-state index >= 15 is 0 Å². The Morgan fingerprint density at radius 1 is 0.964 bits per heavy atom. The summed E-state index contributed by atoms with van der Waals surface area (Å²) in [4.78, 5) is 4.89. The van der Waals surface area contributed by atoms with Gasteiger partial charge in [0.05, 0.1) is 13.7 Å². The van der Waals surface area contributed by atoms with Gasteiger partial charge in [-0.15, -0.1) is 0 Å². The number of aromatic nitrogens is 1. The van der Waals surface area contributed by atoms with Crippen LogP contribution in [0.15, 0.2) is 59.1 Å². The molecular formula is C23H27N3O2. The summed E-state index contributed by atoms with van der Waals surface area (Å²) in [7, 11) is 1.70. The summed E-state index contributed by atoms with van der Waals surface area (Å²) in [6.45, 7) is 7.03. The van der Waals surface area contributed by atoms with Gasteiger partial charge in [-0.25, -0.2) is 0 Å². The number of nitrogens with zero attached hydrogens (tertiary/aromatic N) is 3. The lowest BCUT2D eigenvalue weighted by molar-refractivity contribution is 0.245. The third-order valence-corrected chi connectivity index (χ3v) is 5.31. The molecule has 1 aliphatic rings. The molecule has 2 aromatic carbocycles. The molecule has 4 rings (SSSR count). The molecule has 2 heterocycles. The number of rotatable bonds is 5. The summed E-state index contributed by atoms with van der Waals surface area (Å²) in [6.07, 6.45) is 1.13. The Hall–Kier alpha value is -2.79. The second-order valence-electron chi connectivity index (χ2n) is 7.36. The quantitative estimate of drug-likeness (QED) is 0.660. The minimum absolute atomic E-state index is 0.801. The van der Waals surface area contributed by atoms with E-state index in [1.807, 2.05) is 12.1 Å². The molecule has 1 fully saturated rings. The number of hydrogen-bond donors (Lipinski definition) is 0. The van der Waals surface area contributed by atoms with Crippen LogP contribution >= 0.6 is 0 Å². The third kappa shape index (κ3) is 4.37. The number of hydrogen-bond acceptors (Lipinski definition) is 5. The van der Waals surface area contributed by atoms with E-state index < -0.39 is 0 Å². The molecule has 5 heteroatoms. The van der Waals surface area contributed by atoms with Crippen molar-refractivity contribution in [1.29, 1.82) is 0 Å². The fourth-order valence-corrected chi connectivity index (χ4v) is 3.65. The molecule has 0 N–H and O–H groups in total. The van der Waals surface area contributed by atoms with Gasteiger partial charge in [0.1, 0.15) is 11.4 Å². The highest BCUT2D eigenvalue weighted by molar-refractivity contribution is 5.59. The predicted octanol–water partition coefficient (Wildman–Crippen LogP) is 4.37. The van der Waals surface area contributed by atoms with Crippen LogP contribution in [0.5, 0.6) is 5.75 Å². The zero-order valence-corrected chi connectivity index (χ0v) is 16.6. The van der Waals surface area contributed by atoms with Crippen molar-refractivity contribution in [3.05, 3.63) is 65.9 Å². The highest BCUT2D eigenvalue weighted by Crippen LogP contribution is 2.23. The van der Waals surface area contributed by atoms with E-state index in [0.29, 0.717) is 0 Å². The summed E-state index contributed by atoms with van der Waals surface area (Å²) >= 11 is 0. The molecule has 3 aromatic rings. The topological polar surface area (TPSA) is 41.7 Å². The number of methoxy groups -OCH3 is 1. The van der Waals surface area contributed by atoms with Crippen molar-refractivity contribution < 1.29 is 9.26 Å². The first-order valence-electron chi connectivity index (χ1n) is 9.85. The molecule has 0 radical (unpaired) electrons. The van der Waals surface area contributed by atoms with E-state index in [1.54, 1.807) is 7.11 Å². The Balaban J connectivity index is 1.36. The number of benzene rings is 2. The van der Waals surface area contributed by atoms with Crippen LogP contribution in [0.4, 0.5) is 5.69 Å². The van der Waals surface area contributed by atoms with Crippen LogP contribution in [-0.2, 0) is 6.54 Å². The molecule has 1 aliphatic heterocycles. The van der Waals surface area contributed by atoms with Gasteiger partial charge in [-0.05, 0) is 37.6 Å². The fourth-order valence-electron chi connectivity index (χ4n) is 3.65. The minimum atomic E-state index is 0.801. The van der Waals surface area contributed by atoms with Crippen molar-refractivity contribution in [1.82, 2.24) is 10.1 Å². The molecule has 0 amide bonds. The van der Waals surface area contributed by atoms with Crippen molar-refractivity contribution in [3.8, 4) is 17.0 Å². The average Bonchev–Trinajstić information content (AvgIpc) is 3.06. The molecule has 1 saturated heterocycles. The highest BCUT2D eigenvalue weighted by Gasteiger charge is 2.17. The van der Waals surface area contributed by atoms with Crippen molar-refractivity contribution in [2.24, 2.45) is 0 Å². The van der Waals surface area contributed by atoms with E-state index in [2.05, 4.69) is 64.3 Å². The van der Waals surface area contributed by atoms with Crippen LogP contribution in [0.2, 0.25) is 0 Å². The molecule has 5 nitrogen and oxygen atoms in total. The van der Waals surface area contributed by atoms with Crippen LogP contribution in [0.25, 0.3) is 11.3 Å². The molecule has 0 saturated carbocycles. The summed E-state index contributed by atoms with van der Waals surface area (Å²) in [5.41, 5.74) is 4.51. The fraction of sp³-hybridized carbons (Fsp3) is 0.348. The molecule has 0 aliphatic carbocycles. The largest absolute Gasteiger partial charge is 0.497 e. The Labute approximate surface area is 166 Å². The smallest absolute Gasteiger partial charge is 0.151 e. The zero-order chi connectivity index (χ0) is 19.3. The van der Waals surface area contributed by atoms with Crippen molar-refractivity contribution in [2.75, 3.05) is 38.2 Å². The van der Waals surface area contributed by atoms with Gasteiger partial charge in [-0.2, -0.15) is 0 Å². The van der Waals surface area contributed by atoms with Crippen LogP contribution in [0.3, 0.4) is 0 Å². The Bertz CT molecular complexity index is 887. The summed E-state index contributed by atoms with van der Waals surface area (Å²) < 4.78 is 10.9. The van der Waals surface area contributed by atoms with Gasteiger partial charge >= 0.3 is 0 Å². The lowest BCUT2D eigenvalue weighted by atomic mass is 10.1. The highest BCUT2D eigenvalue weighted by atomic mass is 16.5. The van der Waals surface area contributed by atoms with Gasteiger partial charge in [0.2, 0.25) is 0 Å². The maximum Gasteiger partial charge on any atom is 0.151 e. The standard InChI is InChI=1S/C23H27N3O2/c1-18-4-6-19(7-5-18)23-16-22(28-24-23)17-25-12-3-13-26(15-14-25)20-8-10-21(27-2)11-9-20/h4-11,16H,3,12-15,17H2,1-2H3. The Kier molecular flexibility index (Phi) is 5.63. The van der Waals surface area contributed by atoms with Gasteiger partial charge in [0.25, 0.3) is 0 Å². The lowest BCUT2D eigenvalue weighted by Crippen LogP contribution is -2.30. The van der Waals surface area contributed by atoms with Crippen molar-refractivity contribution in [2.45, 2.75) is 19.9 Å². The minimum Gasteiger partial charge on any atom is -0.497 e. The average molecular weight is 377 g/mol. The van der Waals surface area contributed by atoms with E-state index in [1.165, 1.54) is 11.3 Å².